The van der Waals surface area contributed by atoms with E-state index in [1.165, 1.54) is 167 Å². The molecule has 0 saturated heterocycles. The smallest absolute Gasteiger partial charge is 0.306 e. The predicted molar refractivity (Wildman–Crippen MR) is 339 cm³/mol. The van der Waals surface area contributed by atoms with Gasteiger partial charge in [-0.1, -0.05) is 298 Å². The van der Waals surface area contributed by atoms with E-state index in [-0.39, 0.29) is 31.1 Å². The predicted octanol–water partition coefficient (Wildman–Crippen LogP) is 22.8. The van der Waals surface area contributed by atoms with Gasteiger partial charge in [-0.15, -0.1) is 0 Å². The summed E-state index contributed by atoms with van der Waals surface area (Å²) >= 11 is 0. The molecule has 0 rings (SSSR count). The molecule has 1 atom stereocenters. The highest BCUT2D eigenvalue weighted by atomic mass is 16.6. The van der Waals surface area contributed by atoms with Crippen molar-refractivity contribution in [1.82, 2.24) is 0 Å². The van der Waals surface area contributed by atoms with E-state index in [4.69, 9.17) is 14.2 Å². The highest BCUT2D eigenvalue weighted by Gasteiger charge is 2.19. The molecule has 0 spiro atoms. The van der Waals surface area contributed by atoms with Gasteiger partial charge in [0, 0.05) is 19.3 Å². The lowest BCUT2D eigenvalue weighted by Gasteiger charge is -2.18. The van der Waals surface area contributed by atoms with Gasteiger partial charge in [-0.2, -0.15) is 0 Å². The average molecular weight is 1090 g/mol. The Morgan fingerprint density at radius 2 is 0.500 bits per heavy atom. The number of unbranched alkanes of at least 4 members (excludes halogenated alkanes) is 33. The number of allylic oxidation sites excluding steroid dienone is 16. The normalized spacial score (nSPS) is 12.7. The molecule has 0 radical (unpaired) electrons. The highest BCUT2D eigenvalue weighted by Crippen LogP contribution is 2.17. The van der Waals surface area contributed by atoms with Gasteiger partial charge in [-0.25, -0.2) is 0 Å². The van der Waals surface area contributed by atoms with Crippen molar-refractivity contribution in [2.75, 3.05) is 13.2 Å². The Kier molecular flexibility index (Phi) is 62.7. The van der Waals surface area contributed by atoms with Crippen LogP contribution < -0.4 is 0 Å². The zero-order valence-electron chi connectivity index (χ0n) is 51.4. The molecular formula is C72H124O6. The molecule has 0 saturated carbocycles. The van der Waals surface area contributed by atoms with Crippen LogP contribution in [0.15, 0.2) is 97.2 Å². The zero-order chi connectivity index (χ0) is 56.4. The molecule has 0 aliphatic rings. The maximum Gasteiger partial charge on any atom is 0.306 e. The van der Waals surface area contributed by atoms with E-state index >= 15 is 0 Å². The first-order valence-electron chi connectivity index (χ1n) is 33.2. The van der Waals surface area contributed by atoms with E-state index in [2.05, 4.69) is 118 Å². The van der Waals surface area contributed by atoms with Crippen molar-refractivity contribution in [3.05, 3.63) is 97.2 Å². The van der Waals surface area contributed by atoms with Crippen molar-refractivity contribution in [3.63, 3.8) is 0 Å². The van der Waals surface area contributed by atoms with Crippen LogP contribution in [0.5, 0.6) is 0 Å². The fourth-order valence-electron chi connectivity index (χ4n) is 9.36. The minimum absolute atomic E-state index is 0.0851. The molecule has 6 nitrogen and oxygen atoms in total. The first-order chi connectivity index (χ1) is 38.5. The summed E-state index contributed by atoms with van der Waals surface area (Å²) in [4.78, 5) is 38.4. The molecule has 0 N–H and O–H groups in total. The lowest BCUT2D eigenvalue weighted by Crippen LogP contribution is -2.30. The molecular weight excluding hydrogens is 961 g/mol. The summed E-state index contributed by atoms with van der Waals surface area (Å²) in [5.74, 6) is -0.901. The van der Waals surface area contributed by atoms with E-state index in [1.807, 2.05) is 0 Å². The van der Waals surface area contributed by atoms with Crippen LogP contribution in [0.4, 0.5) is 0 Å². The number of carbonyl (C=O) groups is 3. The number of carbonyl (C=O) groups excluding carboxylic acids is 3. The minimum atomic E-state index is -0.792. The van der Waals surface area contributed by atoms with Crippen LogP contribution in [0, 0.1) is 0 Å². The van der Waals surface area contributed by atoms with Gasteiger partial charge in [-0.3, -0.25) is 14.4 Å². The van der Waals surface area contributed by atoms with Crippen LogP contribution in [0.25, 0.3) is 0 Å². The van der Waals surface area contributed by atoms with Crippen LogP contribution in [0.3, 0.4) is 0 Å². The SMILES string of the molecule is CC/C=C\C/C=C\C/C=C\C/C=C\C/C=C\C/C=C\CCCCCCC(=O)OCC(COC(=O)CCCCCCCCCCCCCCCCCC)OC(=O)CCCCCCCCCCC/C=C\C/C=C\CCCCCCC. The molecule has 448 valence electrons. The lowest BCUT2D eigenvalue weighted by molar-refractivity contribution is -0.167. The first kappa shape index (κ1) is 74.3. The van der Waals surface area contributed by atoms with Crippen LogP contribution in [0.2, 0.25) is 0 Å². The molecule has 0 aromatic rings. The highest BCUT2D eigenvalue weighted by molar-refractivity contribution is 5.71. The summed E-state index contributed by atoms with van der Waals surface area (Å²) in [7, 11) is 0. The monoisotopic (exact) mass is 1080 g/mol. The molecule has 0 aliphatic carbocycles. The second-order valence-electron chi connectivity index (χ2n) is 22.0. The molecule has 0 fully saturated rings. The van der Waals surface area contributed by atoms with Crippen molar-refractivity contribution in [2.45, 2.75) is 329 Å². The number of esters is 3. The van der Waals surface area contributed by atoms with Gasteiger partial charge >= 0.3 is 17.9 Å². The van der Waals surface area contributed by atoms with Gasteiger partial charge in [0.1, 0.15) is 13.2 Å². The van der Waals surface area contributed by atoms with Crippen molar-refractivity contribution in [3.8, 4) is 0 Å². The van der Waals surface area contributed by atoms with Crippen molar-refractivity contribution < 1.29 is 28.6 Å². The molecule has 78 heavy (non-hydrogen) atoms. The van der Waals surface area contributed by atoms with E-state index in [1.54, 1.807) is 0 Å². The largest absolute Gasteiger partial charge is 0.462 e. The second-order valence-corrected chi connectivity index (χ2v) is 22.0. The van der Waals surface area contributed by atoms with Crippen molar-refractivity contribution >= 4 is 17.9 Å². The van der Waals surface area contributed by atoms with Crippen molar-refractivity contribution in [1.29, 1.82) is 0 Å². The fourth-order valence-corrected chi connectivity index (χ4v) is 9.36. The van der Waals surface area contributed by atoms with Crippen LogP contribution in [-0.2, 0) is 28.6 Å². The molecule has 0 heterocycles. The van der Waals surface area contributed by atoms with Gasteiger partial charge in [0.25, 0.3) is 0 Å². The summed E-state index contributed by atoms with van der Waals surface area (Å²) in [6, 6.07) is 0. The molecule has 6 heteroatoms. The fraction of sp³-hybridized carbons (Fsp3) is 0.736. The van der Waals surface area contributed by atoms with E-state index in [0.717, 1.165) is 116 Å². The Labute approximate surface area is 483 Å². The topological polar surface area (TPSA) is 78.9 Å². The van der Waals surface area contributed by atoms with E-state index in [0.29, 0.717) is 19.3 Å². The van der Waals surface area contributed by atoms with Gasteiger partial charge in [0.15, 0.2) is 6.10 Å². The van der Waals surface area contributed by atoms with Crippen LogP contribution in [-0.4, -0.2) is 37.2 Å². The summed E-state index contributed by atoms with van der Waals surface area (Å²) in [5, 5.41) is 0. The third-order valence-corrected chi connectivity index (χ3v) is 14.3. The zero-order valence-corrected chi connectivity index (χ0v) is 51.4. The number of rotatable bonds is 60. The van der Waals surface area contributed by atoms with Crippen LogP contribution >= 0.6 is 0 Å². The molecule has 0 amide bonds. The van der Waals surface area contributed by atoms with E-state index in [9.17, 15) is 14.4 Å². The minimum Gasteiger partial charge on any atom is -0.462 e. The molecule has 0 aliphatic heterocycles. The molecule has 0 bridgehead atoms. The molecule has 0 aromatic carbocycles. The summed E-state index contributed by atoms with van der Waals surface area (Å²) < 4.78 is 16.9. The van der Waals surface area contributed by atoms with Crippen molar-refractivity contribution in [2.24, 2.45) is 0 Å². The second kappa shape index (κ2) is 65.8. The average Bonchev–Trinajstić information content (AvgIpc) is 3.44. The standard InChI is InChI=1S/C72H124O6/c1-4-7-10-13-16-19-22-25-28-31-33-35-36-38-39-41-44-47-50-53-56-59-62-65-71(74)77-68-69(67-76-70(73)64-61-58-55-52-49-46-43-30-27-24-21-18-15-12-9-6-3)78-72(75)66-63-60-57-54-51-48-45-42-40-37-34-32-29-26-23-20-17-14-11-8-5-2/h7,10,16,19,23,25-26,28,32-35,38-39,44,47,69H,4-6,8-9,11-15,17-18,20-22,24,27,29-31,36-37,40-43,45-46,48-68H2,1-3H3/b10-7-,19-16-,26-23-,28-25-,34-32-,35-33-,39-38-,47-44-. The lowest BCUT2D eigenvalue weighted by atomic mass is 10.0. The summed E-state index contributed by atoms with van der Waals surface area (Å²) in [6.45, 7) is 6.53. The summed E-state index contributed by atoms with van der Waals surface area (Å²) in [5.41, 5.74) is 0. The number of hydrogen-bond acceptors (Lipinski definition) is 6. The van der Waals surface area contributed by atoms with Gasteiger partial charge < -0.3 is 14.2 Å². The Hall–Kier alpha value is -3.67. The Morgan fingerprint density at radius 1 is 0.269 bits per heavy atom. The van der Waals surface area contributed by atoms with Crippen LogP contribution in [0.1, 0.15) is 323 Å². The Bertz CT molecular complexity index is 1530. The molecule has 1 unspecified atom stereocenters. The summed E-state index contributed by atoms with van der Waals surface area (Å²) in [6.07, 6.45) is 88.4. The molecule has 0 aromatic heterocycles. The third kappa shape index (κ3) is 63.2. The Balaban J connectivity index is 4.42. The first-order valence-corrected chi connectivity index (χ1v) is 33.2. The Morgan fingerprint density at radius 3 is 0.782 bits per heavy atom. The van der Waals surface area contributed by atoms with Gasteiger partial charge in [0.05, 0.1) is 0 Å². The number of hydrogen-bond donors (Lipinski definition) is 0. The maximum atomic E-state index is 12.9. The number of ether oxygens (including phenoxy) is 3. The van der Waals surface area contributed by atoms with Gasteiger partial charge in [-0.05, 0) is 103 Å². The van der Waals surface area contributed by atoms with E-state index < -0.39 is 6.10 Å². The third-order valence-electron chi connectivity index (χ3n) is 14.3. The maximum absolute atomic E-state index is 12.9. The van der Waals surface area contributed by atoms with Gasteiger partial charge in [0.2, 0.25) is 0 Å². The quantitative estimate of drug-likeness (QED) is 0.0261.